The maximum Gasteiger partial charge on any atom is 0.251 e. The van der Waals surface area contributed by atoms with Gasteiger partial charge in [-0.3, -0.25) is 9.78 Å². The van der Waals surface area contributed by atoms with E-state index < -0.39 is 0 Å². The van der Waals surface area contributed by atoms with Crippen LogP contribution in [0.2, 0.25) is 0 Å². The van der Waals surface area contributed by atoms with E-state index in [-0.39, 0.29) is 5.91 Å². The summed E-state index contributed by atoms with van der Waals surface area (Å²) >= 11 is 3.45. The van der Waals surface area contributed by atoms with Crippen molar-refractivity contribution in [3.63, 3.8) is 0 Å². The topological polar surface area (TPSA) is 60.5 Å². The second kappa shape index (κ2) is 9.27. The van der Waals surface area contributed by atoms with Crippen LogP contribution in [0.15, 0.2) is 41.0 Å². The maximum atomic E-state index is 12.3. The van der Waals surface area contributed by atoms with Crippen LogP contribution >= 0.6 is 15.9 Å². The van der Waals surface area contributed by atoms with Crippen LogP contribution in [0.1, 0.15) is 29.4 Å². The van der Waals surface area contributed by atoms with Gasteiger partial charge in [-0.2, -0.15) is 0 Å². The van der Waals surface area contributed by atoms with E-state index >= 15 is 0 Å². The van der Waals surface area contributed by atoms with E-state index in [9.17, 15) is 4.79 Å². The molecule has 0 aliphatic rings. The van der Waals surface area contributed by atoms with Crippen LogP contribution in [0.3, 0.4) is 0 Å². The summed E-state index contributed by atoms with van der Waals surface area (Å²) in [6.07, 6.45) is 3.32. The third kappa shape index (κ3) is 4.96. The van der Waals surface area contributed by atoms with Crippen molar-refractivity contribution in [2.75, 3.05) is 20.3 Å². The second-order valence-corrected chi connectivity index (χ2v) is 6.02. The highest BCUT2D eigenvalue weighted by atomic mass is 79.9. The molecule has 2 rings (SSSR count). The minimum absolute atomic E-state index is 0.160. The van der Waals surface area contributed by atoms with Gasteiger partial charge in [0.2, 0.25) is 0 Å². The number of benzene rings is 1. The van der Waals surface area contributed by atoms with Crippen molar-refractivity contribution in [3.8, 4) is 11.5 Å². The molecule has 0 spiro atoms. The summed E-state index contributed by atoms with van der Waals surface area (Å²) in [6, 6.07) is 9.16. The Hall–Kier alpha value is -2.08. The largest absolute Gasteiger partial charge is 0.493 e. The van der Waals surface area contributed by atoms with E-state index in [2.05, 4.69) is 26.2 Å². The van der Waals surface area contributed by atoms with Gasteiger partial charge in [-0.1, -0.05) is 13.0 Å². The van der Waals surface area contributed by atoms with Crippen molar-refractivity contribution in [2.24, 2.45) is 0 Å². The normalized spacial score (nSPS) is 10.3. The third-order valence-corrected chi connectivity index (χ3v) is 3.92. The van der Waals surface area contributed by atoms with Crippen LogP contribution in [-0.4, -0.2) is 31.2 Å². The van der Waals surface area contributed by atoms with Crippen LogP contribution in [0, 0.1) is 0 Å². The fraction of sp³-hybridized carbons (Fsp3) is 0.333. The van der Waals surface area contributed by atoms with Crippen molar-refractivity contribution < 1.29 is 14.3 Å². The predicted octanol–water partition coefficient (Wildman–Crippen LogP) is 3.61. The highest BCUT2D eigenvalue weighted by molar-refractivity contribution is 9.10. The summed E-state index contributed by atoms with van der Waals surface area (Å²) in [5, 5.41) is 2.89. The molecule has 6 heteroatoms. The number of ether oxygens (including phenoxy) is 2. The van der Waals surface area contributed by atoms with Crippen molar-refractivity contribution >= 4 is 21.8 Å². The highest BCUT2D eigenvalue weighted by Crippen LogP contribution is 2.36. The Balaban J connectivity index is 2.02. The number of nitrogens with zero attached hydrogens (tertiary/aromatic N) is 1. The van der Waals surface area contributed by atoms with E-state index in [1.54, 1.807) is 25.4 Å². The molecule has 1 heterocycles. The van der Waals surface area contributed by atoms with Gasteiger partial charge in [0.25, 0.3) is 5.91 Å². The van der Waals surface area contributed by atoms with Gasteiger partial charge >= 0.3 is 0 Å². The molecule has 24 heavy (non-hydrogen) atoms. The molecule has 5 nitrogen and oxygen atoms in total. The van der Waals surface area contributed by atoms with Gasteiger partial charge in [-0.05, 0) is 46.6 Å². The highest BCUT2D eigenvalue weighted by Gasteiger charge is 2.15. The molecule has 1 aromatic heterocycles. The quantitative estimate of drug-likeness (QED) is 0.745. The average molecular weight is 393 g/mol. The van der Waals surface area contributed by atoms with E-state index in [4.69, 9.17) is 9.47 Å². The van der Waals surface area contributed by atoms with Crippen molar-refractivity contribution in [1.29, 1.82) is 0 Å². The first-order chi connectivity index (χ1) is 11.7. The predicted molar refractivity (Wildman–Crippen MR) is 96.8 cm³/mol. The van der Waals surface area contributed by atoms with Crippen molar-refractivity contribution in [2.45, 2.75) is 19.8 Å². The number of carbonyl (C=O) groups excluding carboxylic acids is 1. The molecule has 0 aliphatic heterocycles. The van der Waals surface area contributed by atoms with Crippen LogP contribution in [0.4, 0.5) is 0 Å². The Morgan fingerprint density at radius 3 is 2.83 bits per heavy atom. The molecule has 0 saturated carbocycles. The third-order valence-electron chi connectivity index (χ3n) is 3.34. The molecule has 0 atom stereocenters. The zero-order valence-corrected chi connectivity index (χ0v) is 15.4. The molecule has 2 aromatic rings. The zero-order valence-electron chi connectivity index (χ0n) is 13.8. The fourth-order valence-electron chi connectivity index (χ4n) is 2.15. The first-order valence-electron chi connectivity index (χ1n) is 7.84. The fourth-order valence-corrected chi connectivity index (χ4v) is 2.70. The Morgan fingerprint density at radius 2 is 2.17 bits per heavy atom. The van der Waals surface area contributed by atoms with Gasteiger partial charge in [0.05, 0.1) is 18.2 Å². The number of pyridine rings is 1. The van der Waals surface area contributed by atoms with Crippen LogP contribution in [0.5, 0.6) is 11.5 Å². The summed E-state index contributed by atoms with van der Waals surface area (Å²) in [5.41, 5.74) is 1.46. The number of carbonyl (C=O) groups is 1. The number of amides is 1. The average Bonchev–Trinajstić information content (AvgIpc) is 2.60. The second-order valence-electron chi connectivity index (χ2n) is 5.16. The standard InChI is InChI=1S/C18H21BrN2O3/c1-3-10-24-17-15(19)11-13(12-16(17)23-2)18(22)21-9-7-14-6-4-5-8-20-14/h4-6,8,11-12H,3,7,9-10H2,1-2H3,(H,21,22). The van der Waals surface area contributed by atoms with Crippen LogP contribution in [-0.2, 0) is 6.42 Å². The number of aromatic nitrogens is 1. The minimum atomic E-state index is -0.160. The molecule has 0 aliphatic carbocycles. The van der Waals surface area contributed by atoms with E-state index in [1.807, 2.05) is 25.1 Å². The Kier molecular flexibility index (Phi) is 7.06. The number of methoxy groups -OCH3 is 1. The van der Waals surface area contributed by atoms with Gasteiger partial charge in [0, 0.05) is 30.4 Å². The molecule has 1 aromatic carbocycles. The summed E-state index contributed by atoms with van der Waals surface area (Å²) in [5.74, 6) is 0.990. The number of hydrogen-bond acceptors (Lipinski definition) is 4. The van der Waals surface area contributed by atoms with Crippen LogP contribution < -0.4 is 14.8 Å². The summed E-state index contributed by atoms with van der Waals surface area (Å²) in [4.78, 5) is 16.6. The lowest BCUT2D eigenvalue weighted by molar-refractivity contribution is 0.0953. The summed E-state index contributed by atoms with van der Waals surface area (Å²) < 4.78 is 11.7. The molecule has 128 valence electrons. The maximum absolute atomic E-state index is 12.3. The smallest absolute Gasteiger partial charge is 0.251 e. The van der Waals surface area contributed by atoms with E-state index in [0.29, 0.717) is 41.1 Å². The molecule has 1 amide bonds. The summed E-state index contributed by atoms with van der Waals surface area (Å²) in [7, 11) is 1.56. The molecule has 0 fully saturated rings. The van der Waals surface area contributed by atoms with Gasteiger partial charge in [-0.25, -0.2) is 0 Å². The van der Waals surface area contributed by atoms with Crippen molar-refractivity contribution in [1.82, 2.24) is 10.3 Å². The van der Waals surface area contributed by atoms with Crippen LogP contribution in [0.25, 0.3) is 0 Å². The Labute approximate surface area is 150 Å². The lowest BCUT2D eigenvalue weighted by Gasteiger charge is -2.14. The Bertz CT molecular complexity index is 677. The number of hydrogen-bond donors (Lipinski definition) is 1. The molecular weight excluding hydrogens is 372 g/mol. The van der Waals surface area contributed by atoms with Crippen molar-refractivity contribution in [3.05, 3.63) is 52.3 Å². The lowest BCUT2D eigenvalue weighted by atomic mass is 10.2. The summed E-state index contributed by atoms with van der Waals surface area (Å²) in [6.45, 7) is 3.14. The number of rotatable bonds is 8. The Morgan fingerprint density at radius 1 is 1.33 bits per heavy atom. The van der Waals surface area contributed by atoms with E-state index in [0.717, 1.165) is 12.1 Å². The lowest BCUT2D eigenvalue weighted by Crippen LogP contribution is -2.26. The van der Waals surface area contributed by atoms with E-state index in [1.165, 1.54) is 0 Å². The molecule has 1 N–H and O–H groups in total. The zero-order chi connectivity index (χ0) is 17.4. The first kappa shape index (κ1) is 18.3. The van der Waals surface area contributed by atoms with Gasteiger partial charge in [0.1, 0.15) is 0 Å². The molecule has 0 unspecified atom stereocenters. The molecule has 0 radical (unpaired) electrons. The molecule has 0 bridgehead atoms. The number of halogens is 1. The van der Waals surface area contributed by atoms with Gasteiger partial charge in [-0.15, -0.1) is 0 Å². The molecule has 0 saturated heterocycles. The monoisotopic (exact) mass is 392 g/mol. The SMILES string of the molecule is CCCOc1c(Br)cc(C(=O)NCCc2ccccn2)cc1OC. The van der Waals surface area contributed by atoms with Gasteiger partial charge < -0.3 is 14.8 Å². The molecular formula is C18H21BrN2O3. The minimum Gasteiger partial charge on any atom is -0.493 e. The van der Waals surface area contributed by atoms with Gasteiger partial charge in [0.15, 0.2) is 11.5 Å². The first-order valence-corrected chi connectivity index (χ1v) is 8.63. The number of nitrogens with one attached hydrogen (secondary N) is 1.